The van der Waals surface area contributed by atoms with Gasteiger partial charge in [-0.25, -0.2) is 18.0 Å². The molecule has 8 nitrogen and oxygen atoms in total. The quantitative estimate of drug-likeness (QED) is 0.357. The molecule has 0 saturated heterocycles. The first-order chi connectivity index (χ1) is 16.8. The number of nitrogens with one attached hydrogen (secondary N) is 1. The van der Waals surface area contributed by atoms with E-state index in [1.165, 1.54) is 32.0 Å². The number of rotatable bonds is 7. The monoisotopic (exact) mass is 529 g/mol. The van der Waals surface area contributed by atoms with Crippen LogP contribution >= 0.6 is 0 Å². The molecule has 0 aromatic heterocycles. The van der Waals surface area contributed by atoms with Gasteiger partial charge in [0.2, 0.25) is 6.29 Å². The van der Waals surface area contributed by atoms with Crippen LogP contribution in [0.4, 0.5) is 23.7 Å². The summed E-state index contributed by atoms with van der Waals surface area (Å²) in [7, 11) is -4.35. The van der Waals surface area contributed by atoms with Gasteiger partial charge in [0.1, 0.15) is 6.10 Å². The Morgan fingerprint density at radius 2 is 1.72 bits per heavy atom. The van der Waals surface area contributed by atoms with Crippen LogP contribution in [-0.2, 0) is 30.4 Å². The number of carbonyl (C=O) groups excluding carboxylic acids is 2. The fourth-order valence-corrected chi connectivity index (χ4v) is 4.79. The molecule has 0 aliphatic heterocycles. The van der Waals surface area contributed by atoms with Crippen molar-refractivity contribution in [1.82, 2.24) is 0 Å². The Kier molecular flexibility index (Phi) is 8.49. The predicted molar refractivity (Wildman–Crippen MR) is 123 cm³/mol. The average molecular weight is 530 g/mol. The Bertz CT molecular complexity index is 1210. The minimum atomic E-state index is -4.65. The number of hydrogen-bond donors (Lipinski definition) is 1. The summed E-state index contributed by atoms with van der Waals surface area (Å²) in [5.74, 6) is -0.972. The van der Waals surface area contributed by atoms with Crippen molar-refractivity contribution < 1.29 is 45.4 Å². The second-order valence-electron chi connectivity index (χ2n) is 8.38. The lowest BCUT2D eigenvalue weighted by atomic mass is 9.98. The first kappa shape index (κ1) is 27.3. The van der Waals surface area contributed by atoms with Crippen molar-refractivity contribution in [2.24, 2.45) is 0 Å². The van der Waals surface area contributed by atoms with Gasteiger partial charge < -0.3 is 14.2 Å². The highest BCUT2D eigenvalue weighted by molar-refractivity contribution is 7.92. The van der Waals surface area contributed by atoms with Gasteiger partial charge in [0.05, 0.1) is 21.7 Å². The van der Waals surface area contributed by atoms with Crippen LogP contribution in [0.15, 0.2) is 47.4 Å². The Hall–Kier alpha value is -3.28. The van der Waals surface area contributed by atoms with Crippen molar-refractivity contribution in [2.75, 3.05) is 4.72 Å². The maximum Gasteiger partial charge on any atom is 0.511 e. The van der Waals surface area contributed by atoms with Crippen LogP contribution in [0.5, 0.6) is 0 Å². The summed E-state index contributed by atoms with van der Waals surface area (Å²) in [4.78, 5) is 24.0. The summed E-state index contributed by atoms with van der Waals surface area (Å²) in [5.41, 5.74) is -1.17. The first-order valence-electron chi connectivity index (χ1n) is 11.2. The van der Waals surface area contributed by atoms with Crippen molar-refractivity contribution in [2.45, 2.75) is 69.4 Å². The highest BCUT2D eigenvalue weighted by atomic mass is 32.2. The Morgan fingerprint density at radius 3 is 2.39 bits per heavy atom. The van der Waals surface area contributed by atoms with E-state index in [-0.39, 0.29) is 27.8 Å². The van der Waals surface area contributed by atoms with E-state index in [0.717, 1.165) is 50.3 Å². The number of benzene rings is 2. The molecule has 3 rings (SSSR count). The maximum atomic E-state index is 13.0. The van der Waals surface area contributed by atoms with E-state index in [9.17, 15) is 31.2 Å². The Balaban J connectivity index is 1.66. The number of hydrogen-bond acceptors (Lipinski definition) is 7. The molecular formula is C24H26F3NO7S. The van der Waals surface area contributed by atoms with Gasteiger partial charge in [-0.2, -0.15) is 13.2 Å². The maximum absolute atomic E-state index is 13.0. The van der Waals surface area contributed by atoms with E-state index < -0.39 is 40.2 Å². The molecule has 0 heterocycles. The van der Waals surface area contributed by atoms with Crippen LogP contribution in [0.3, 0.4) is 0 Å². The summed E-state index contributed by atoms with van der Waals surface area (Å²) in [6.07, 6.45) is -2.74. The van der Waals surface area contributed by atoms with Gasteiger partial charge >= 0.3 is 18.3 Å². The van der Waals surface area contributed by atoms with Gasteiger partial charge in [-0.05, 0) is 68.5 Å². The van der Waals surface area contributed by atoms with Crippen LogP contribution < -0.4 is 4.72 Å². The van der Waals surface area contributed by atoms with Gasteiger partial charge in [-0.1, -0.05) is 18.6 Å². The van der Waals surface area contributed by atoms with Crippen LogP contribution in [0.1, 0.15) is 60.5 Å². The molecule has 1 unspecified atom stereocenters. The zero-order chi connectivity index (χ0) is 26.5. The summed E-state index contributed by atoms with van der Waals surface area (Å²) in [5, 5.41) is 0. The fourth-order valence-electron chi connectivity index (χ4n) is 3.63. The minimum absolute atomic E-state index is 0.172. The van der Waals surface area contributed by atoms with Crippen molar-refractivity contribution in [1.29, 1.82) is 0 Å². The summed E-state index contributed by atoms with van der Waals surface area (Å²) < 4.78 is 82.0. The SMILES string of the molecule is Cc1ccc(C(F)(F)F)cc1NS(=O)(=O)c1cccc(C(=O)OC(C)OC(=O)OC2CCCCC2)c1. The predicted octanol–water partition coefficient (Wildman–Crippen LogP) is 5.80. The van der Waals surface area contributed by atoms with Gasteiger partial charge in [0.15, 0.2) is 0 Å². The molecule has 1 N–H and O–H groups in total. The van der Waals surface area contributed by atoms with E-state index in [1.807, 2.05) is 0 Å². The summed E-state index contributed by atoms with van der Waals surface area (Å²) in [6.45, 7) is 2.76. The highest BCUT2D eigenvalue weighted by Gasteiger charge is 2.31. The molecule has 12 heteroatoms. The molecule has 1 atom stereocenters. The number of sulfonamides is 1. The molecule has 0 amide bonds. The van der Waals surface area contributed by atoms with Gasteiger partial charge in [0, 0.05) is 6.92 Å². The van der Waals surface area contributed by atoms with Gasteiger partial charge in [-0.15, -0.1) is 0 Å². The fraction of sp³-hybridized carbons (Fsp3) is 0.417. The van der Waals surface area contributed by atoms with Crippen molar-refractivity contribution >= 4 is 27.8 Å². The number of halogens is 3. The number of ether oxygens (including phenoxy) is 3. The molecule has 1 fully saturated rings. The van der Waals surface area contributed by atoms with Crippen molar-refractivity contribution in [3.05, 3.63) is 59.2 Å². The highest BCUT2D eigenvalue weighted by Crippen LogP contribution is 2.33. The molecule has 36 heavy (non-hydrogen) atoms. The Labute approximate surface area is 206 Å². The zero-order valence-electron chi connectivity index (χ0n) is 19.6. The molecule has 196 valence electrons. The second kappa shape index (κ2) is 11.2. The molecule has 0 radical (unpaired) electrons. The first-order valence-corrected chi connectivity index (χ1v) is 12.7. The van der Waals surface area contributed by atoms with Crippen molar-refractivity contribution in [3.8, 4) is 0 Å². The smallest absolute Gasteiger partial charge is 0.431 e. The molecule has 1 aliphatic rings. The third-order valence-corrected chi connectivity index (χ3v) is 6.90. The van der Waals surface area contributed by atoms with Crippen LogP contribution in [-0.4, -0.2) is 32.9 Å². The van der Waals surface area contributed by atoms with E-state index >= 15 is 0 Å². The van der Waals surface area contributed by atoms with E-state index in [2.05, 4.69) is 4.72 Å². The summed E-state index contributed by atoms with van der Waals surface area (Å²) >= 11 is 0. The van der Waals surface area contributed by atoms with Gasteiger partial charge in [0.25, 0.3) is 10.0 Å². The largest absolute Gasteiger partial charge is 0.511 e. The van der Waals surface area contributed by atoms with E-state index in [4.69, 9.17) is 14.2 Å². The van der Waals surface area contributed by atoms with Crippen molar-refractivity contribution in [3.63, 3.8) is 0 Å². The molecule has 0 bridgehead atoms. The molecule has 1 aliphatic carbocycles. The van der Waals surface area contributed by atoms with E-state index in [1.54, 1.807) is 0 Å². The topological polar surface area (TPSA) is 108 Å². The average Bonchev–Trinajstić information content (AvgIpc) is 2.80. The number of esters is 1. The lowest BCUT2D eigenvalue weighted by molar-refractivity contribution is -0.137. The molecule has 0 spiro atoms. The number of anilines is 1. The third-order valence-electron chi connectivity index (χ3n) is 5.54. The molecule has 1 saturated carbocycles. The number of aryl methyl sites for hydroxylation is 1. The Morgan fingerprint density at radius 1 is 1.03 bits per heavy atom. The number of alkyl halides is 3. The zero-order valence-corrected chi connectivity index (χ0v) is 20.4. The van der Waals surface area contributed by atoms with Crippen LogP contribution in [0, 0.1) is 6.92 Å². The third kappa shape index (κ3) is 7.36. The van der Waals surface area contributed by atoms with Gasteiger partial charge in [-0.3, -0.25) is 4.72 Å². The second-order valence-corrected chi connectivity index (χ2v) is 10.1. The lowest BCUT2D eigenvalue weighted by Gasteiger charge is -2.22. The lowest BCUT2D eigenvalue weighted by Crippen LogP contribution is -2.26. The summed E-state index contributed by atoms with van der Waals surface area (Å²) in [6, 6.07) is 7.41. The molecular weight excluding hydrogens is 503 g/mol. The van der Waals surface area contributed by atoms with E-state index in [0.29, 0.717) is 6.07 Å². The van der Waals surface area contributed by atoms with Crippen LogP contribution in [0.2, 0.25) is 0 Å². The number of carbonyl (C=O) groups is 2. The molecule has 2 aromatic carbocycles. The normalized spacial score (nSPS) is 15.6. The molecule has 2 aromatic rings. The standard InChI is InChI=1S/C24H26F3NO7S/c1-15-11-12-18(24(25,26)27)14-21(15)28-36(31,32)20-10-6-7-17(13-20)22(29)33-16(2)34-23(30)35-19-8-4-3-5-9-19/h6-7,10-14,16,19,28H,3-5,8-9H2,1-2H3. The minimum Gasteiger partial charge on any atom is -0.431 e. The van der Waals surface area contributed by atoms with Crippen LogP contribution in [0.25, 0.3) is 0 Å².